The second-order valence-electron chi connectivity index (χ2n) is 4.35. The van der Waals surface area contributed by atoms with Crippen molar-refractivity contribution in [3.63, 3.8) is 0 Å². The van der Waals surface area contributed by atoms with Gasteiger partial charge in [0.2, 0.25) is 0 Å². The highest BCUT2D eigenvalue weighted by molar-refractivity contribution is 6.31. The van der Waals surface area contributed by atoms with Gasteiger partial charge in [0, 0.05) is 16.4 Å². The summed E-state index contributed by atoms with van der Waals surface area (Å²) in [5, 5.41) is 14.4. The number of nitrogens with one attached hydrogen (secondary N) is 2. The molecule has 0 unspecified atom stereocenters. The molecule has 0 aliphatic heterocycles. The maximum atomic E-state index is 13.2. The summed E-state index contributed by atoms with van der Waals surface area (Å²) in [4.78, 5) is 11.8. The van der Waals surface area contributed by atoms with Crippen LogP contribution in [0.25, 0.3) is 0 Å². The van der Waals surface area contributed by atoms with Gasteiger partial charge in [0.1, 0.15) is 11.9 Å². The Kier molecular flexibility index (Phi) is 4.41. The van der Waals surface area contributed by atoms with Gasteiger partial charge in [-0.2, -0.15) is 5.26 Å². The van der Waals surface area contributed by atoms with Crippen LogP contribution >= 0.6 is 11.6 Å². The Bertz CT molecular complexity index is 740. The first-order valence-electron chi connectivity index (χ1n) is 6.03. The summed E-state index contributed by atoms with van der Waals surface area (Å²) < 4.78 is 13.2. The number of anilines is 2. The topological polar surface area (TPSA) is 64.9 Å². The van der Waals surface area contributed by atoms with Crippen LogP contribution in [-0.4, -0.2) is 6.03 Å². The fraction of sp³-hybridized carbons (Fsp3) is 0.0667. The molecule has 2 aromatic carbocycles. The van der Waals surface area contributed by atoms with E-state index in [2.05, 4.69) is 10.6 Å². The average Bonchev–Trinajstić information content (AvgIpc) is 2.45. The maximum Gasteiger partial charge on any atom is 0.323 e. The molecule has 0 aliphatic rings. The molecule has 21 heavy (non-hydrogen) atoms. The lowest BCUT2D eigenvalue weighted by molar-refractivity contribution is 0.262. The maximum absolute atomic E-state index is 13.2. The average molecular weight is 304 g/mol. The molecule has 0 atom stereocenters. The molecule has 2 amide bonds. The Morgan fingerprint density at radius 1 is 1.19 bits per heavy atom. The third-order valence-electron chi connectivity index (χ3n) is 2.77. The van der Waals surface area contributed by atoms with Crippen molar-refractivity contribution in [2.75, 3.05) is 10.6 Å². The number of benzene rings is 2. The second kappa shape index (κ2) is 6.25. The van der Waals surface area contributed by atoms with E-state index in [1.807, 2.05) is 6.92 Å². The van der Waals surface area contributed by atoms with E-state index in [0.29, 0.717) is 16.4 Å². The molecule has 0 radical (unpaired) electrons. The lowest BCUT2D eigenvalue weighted by Gasteiger charge is -2.09. The summed E-state index contributed by atoms with van der Waals surface area (Å²) in [7, 11) is 0. The third-order valence-corrected chi connectivity index (χ3v) is 3.18. The standard InChI is InChI=1S/C15H11ClFN3O/c1-9-2-3-12(7-13(9)16)20-15(21)19-11-4-5-14(17)10(6-11)8-18/h2-7H,1H3,(H2,19,20,21). The number of carbonyl (C=O) groups is 1. The minimum absolute atomic E-state index is 0.133. The first kappa shape index (κ1) is 14.8. The van der Waals surface area contributed by atoms with Crippen molar-refractivity contribution in [3.8, 4) is 6.07 Å². The van der Waals surface area contributed by atoms with Crippen LogP contribution in [0.4, 0.5) is 20.6 Å². The van der Waals surface area contributed by atoms with E-state index in [-0.39, 0.29) is 5.56 Å². The van der Waals surface area contributed by atoms with Crippen LogP contribution in [0.1, 0.15) is 11.1 Å². The Morgan fingerprint density at radius 3 is 2.43 bits per heavy atom. The first-order chi connectivity index (χ1) is 9.99. The van der Waals surface area contributed by atoms with Crippen molar-refractivity contribution in [1.29, 1.82) is 5.26 Å². The van der Waals surface area contributed by atoms with E-state index in [0.717, 1.165) is 11.6 Å². The van der Waals surface area contributed by atoms with Gasteiger partial charge in [-0.15, -0.1) is 0 Å². The van der Waals surface area contributed by atoms with E-state index in [1.165, 1.54) is 12.1 Å². The van der Waals surface area contributed by atoms with Crippen LogP contribution in [0.2, 0.25) is 5.02 Å². The zero-order valence-electron chi connectivity index (χ0n) is 11.1. The molecule has 0 bridgehead atoms. The molecule has 0 aromatic heterocycles. The van der Waals surface area contributed by atoms with E-state index >= 15 is 0 Å². The van der Waals surface area contributed by atoms with Gasteiger partial charge < -0.3 is 10.6 Å². The Morgan fingerprint density at radius 2 is 1.81 bits per heavy atom. The summed E-state index contributed by atoms with van der Waals surface area (Å²) in [5.41, 5.74) is 1.63. The summed E-state index contributed by atoms with van der Waals surface area (Å²) in [5.74, 6) is -0.631. The number of rotatable bonds is 2. The Labute approximate surface area is 126 Å². The molecule has 2 aromatic rings. The SMILES string of the molecule is Cc1ccc(NC(=O)Nc2ccc(F)c(C#N)c2)cc1Cl. The van der Waals surface area contributed by atoms with Crippen molar-refractivity contribution >= 4 is 29.0 Å². The van der Waals surface area contributed by atoms with Gasteiger partial charge in [-0.05, 0) is 42.8 Å². The Hall–Kier alpha value is -2.58. The predicted octanol–water partition coefficient (Wildman–Crippen LogP) is 4.30. The highest BCUT2D eigenvalue weighted by Gasteiger charge is 2.07. The third kappa shape index (κ3) is 3.71. The van der Waals surface area contributed by atoms with Crippen LogP contribution < -0.4 is 10.6 Å². The van der Waals surface area contributed by atoms with Crippen LogP contribution in [0, 0.1) is 24.1 Å². The molecule has 0 fully saturated rings. The van der Waals surface area contributed by atoms with Crippen molar-refractivity contribution in [2.24, 2.45) is 0 Å². The fourth-order valence-corrected chi connectivity index (χ4v) is 1.83. The van der Waals surface area contributed by atoms with Gasteiger partial charge in [-0.25, -0.2) is 9.18 Å². The highest BCUT2D eigenvalue weighted by atomic mass is 35.5. The second-order valence-corrected chi connectivity index (χ2v) is 4.76. The summed E-state index contributed by atoms with van der Waals surface area (Å²) in [6.45, 7) is 1.86. The van der Waals surface area contributed by atoms with Gasteiger partial charge >= 0.3 is 6.03 Å². The molecule has 0 saturated heterocycles. The summed E-state index contributed by atoms with van der Waals surface area (Å²) >= 11 is 5.97. The molecule has 2 N–H and O–H groups in total. The van der Waals surface area contributed by atoms with Gasteiger partial charge in [0.25, 0.3) is 0 Å². The highest BCUT2D eigenvalue weighted by Crippen LogP contribution is 2.20. The number of amides is 2. The van der Waals surface area contributed by atoms with Crippen molar-refractivity contribution < 1.29 is 9.18 Å². The van der Waals surface area contributed by atoms with E-state index in [1.54, 1.807) is 24.3 Å². The van der Waals surface area contributed by atoms with Crippen molar-refractivity contribution in [1.82, 2.24) is 0 Å². The van der Waals surface area contributed by atoms with Crippen LogP contribution in [0.3, 0.4) is 0 Å². The van der Waals surface area contributed by atoms with Crippen molar-refractivity contribution in [2.45, 2.75) is 6.92 Å². The zero-order chi connectivity index (χ0) is 15.4. The number of hydrogen-bond donors (Lipinski definition) is 2. The lowest BCUT2D eigenvalue weighted by atomic mass is 10.2. The molecule has 0 heterocycles. The fourth-order valence-electron chi connectivity index (χ4n) is 1.65. The first-order valence-corrected chi connectivity index (χ1v) is 6.41. The minimum atomic E-state index is -0.631. The van der Waals surface area contributed by atoms with Gasteiger partial charge in [-0.1, -0.05) is 17.7 Å². The number of urea groups is 1. The quantitative estimate of drug-likeness (QED) is 0.868. The number of carbonyl (C=O) groups excluding carboxylic acids is 1. The number of nitrogens with zero attached hydrogens (tertiary/aromatic N) is 1. The summed E-state index contributed by atoms with van der Waals surface area (Å²) in [6, 6.07) is 10.1. The molecule has 0 spiro atoms. The predicted molar refractivity (Wildman–Crippen MR) is 79.9 cm³/mol. The number of nitriles is 1. The van der Waals surface area contributed by atoms with Crippen LogP contribution in [0.5, 0.6) is 0 Å². The van der Waals surface area contributed by atoms with Gasteiger partial charge in [0.15, 0.2) is 0 Å². The van der Waals surface area contributed by atoms with E-state index < -0.39 is 11.8 Å². The molecule has 4 nitrogen and oxygen atoms in total. The largest absolute Gasteiger partial charge is 0.323 e. The zero-order valence-corrected chi connectivity index (χ0v) is 11.8. The Balaban J connectivity index is 2.08. The lowest BCUT2D eigenvalue weighted by Crippen LogP contribution is -2.19. The van der Waals surface area contributed by atoms with Crippen LogP contribution in [0.15, 0.2) is 36.4 Å². The molecular weight excluding hydrogens is 293 g/mol. The molecule has 106 valence electrons. The monoisotopic (exact) mass is 303 g/mol. The smallest absolute Gasteiger partial charge is 0.308 e. The van der Waals surface area contributed by atoms with E-state index in [4.69, 9.17) is 16.9 Å². The summed E-state index contributed by atoms with van der Waals surface area (Å²) in [6.07, 6.45) is 0. The van der Waals surface area contributed by atoms with Gasteiger partial charge in [-0.3, -0.25) is 0 Å². The number of halogens is 2. The van der Waals surface area contributed by atoms with Crippen LogP contribution in [-0.2, 0) is 0 Å². The van der Waals surface area contributed by atoms with Crippen molar-refractivity contribution in [3.05, 3.63) is 58.4 Å². The molecule has 6 heteroatoms. The molecular formula is C15H11ClFN3O. The number of hydrogen-bond acceptors (Lipinski definition) is 2. The minimum Gasteiger partial charge on any atom is -0.308 e. The van der Waals surface area contributed by atoms with Gasteiger partial charge in [0.05, 0.1) is 5.56 Å². The normalized spacial score (nSPS) is 9.81. The molecule has 2 rings (SSSR count). The molecule has 0 saturated carbocycles. The number of aryl methyl sites for hydroxylation is 1. The molecule has 0 aliphatic carbocycles. The van der Waals surface area contributed by atoms with E-state index in [9.17, 15) is 9.18 Å².